The van der Waals surface area contributed by atoms with E-state index in [1.165, 1.54) is 6.20 Å². The van der Waals surface area contributed by atoms with Crippen molar-refractivity contribution >= 4 is 11.9 Å². The molecule has 0 spiro atoms. The number of hydrogen-bond acceptors (Lipinski definition) is 4. The van der Waals surface area contributed by atoms with Crippen molar-refractivity contribution in [3.05, 3.63) is 17.5 Å². The molecule has 0 fully saturated rings. The first-order valence-corrected chi connectivity index (χ1v) is 5.01. The molecule has 0 aliphatic heterocycles. The number of rotatable bonds is 2. The maximum absolute atomic E-state index is 11.1. The second-order valence-electron chi connectivity index (χ2n) is 4.88. The molecule has 1 rings (SSSR count). The van der Waals surface area contributed by atoms with Gasteiger partial charge in [-0.2, -0.15) is 0 Å². The average Bonchev–Trinajstić information content (AvgIpc) is 2.15. The summed E-state index contributed by atoms with van der Waals surface area (Å²) in [6, 6.07) is 0. The van der Waals surface area contributed by atoms with Crippen LogP contribution in [0.15, 0.2) is 6.20 Å². The van der Waals surface area contributed by atoms with Crippen LogP contribution in [0.25, 0.3) is 0 Å². The Labute approximate surface area is 95.1 Å². The van der Waals surface area contributed by atoms with Crippen molar-refractivity contribution in [2.45, 2.75) is 26.2 Å². The monoisotopic (exact) mass is 223 g/mol. The largest absolute Gasteiger partial charge is 0.478 e. The van der Waals surface area contributed by atoms with E-state index in [0.29, 0.717) is 11.6 Å². The van der Waals surface area contributed by atoms with E-state index in [9.17, 15) is 4.79 Å². The van der Waals surface area contributed by atoms with Crippen molar-refractivity contribution in [3.63, 3.8) is 0 Å². The van der Waals surface area contributed by atoms with E-state index in [0.717, 1.165) is 0 Å². The molecule has 0 unspecified atom stereocenters. The minimum atomic E-state index is -0.991. The zero-order chi connectivity index (χ0) is 12.5. The Hall–Kier alpha value is -1.65. The van der Waals surface area contributed by atoms with Crippen LogP contribution in [-0.2, 0) is 5.41 Å². The predicted octanol–water partition coefficient (Wildman–Crippen LogP) is 1.54. The summed E-state index contributed by atoms with van der Waals surface area (Å²) in [5, 5.41) is 9.06. The molecule has 16 heavy (non-hydrogen) atoms. The Morgan fingerprint density at radius 2 is 1.94 bits per heavy atom. The minimum Gasteiger partial charge on any atom is -0.478 e. The van der Waals surface area contributed by atoms with Gasteiger partial charge in [0.25, 0.3) is 0 Å². The van der Waals surface area contributed by atoms with Gasteiger partial charge in [-0.05, 0) is 0 Å². The lowest BCUT2D eigenvalue weighted by Gasteiger charge is -2.21. The van der Waals surface area contributed by atoms with E-state index in [4.69, 9.17) is 5.11 Å². The molecule has 0 aliphatic carbocycles. The molecule has 0 bridgehead atoms. The lowest BCUT2D eigenvalue weighted by molar-refractivity contribution is 0.0693. The smallest absolute Gasteiger partial charge is 0.339 e. The van der Waals surface area contributed by atoms with Crippen LogP contribution < -0.4 is 4.90 Å². The lowest BCUT2D eigenvalue weighted by atomic mass is 9.89. The minimum absolute atomic E-state index is 0.165. The number of aromatic carboxylic acids is 1. The van der Waals surface area contributed by atoms with Crippen LogP contribution in [0.4, 0.5) is 5.95 Å². The second kappa shape index (κ2) is 4.08. The molecule has 5 nitrogen and oxygen atoms in total. The van der Waals surface area contributed by atoms with E-state index in [-0.39, 0.29) is 11.0 Å². The van der Waals surface area contributed by atoms with Gasteiger partial charge in [-0.3, -0.25) is 0 Å². The molecule has 1 N–H and O–H groups in total. The summed E-state index contributed by atoms with van der Waals surface area (Å²) in [5.41, 5.74) is 0.401. The highest BCUT2D eigenvalue weighted by Crippen LogP contribution is 2.24. The number of carboxylic acid groups (broad SMARTS) is 1. The van der Waals surface area contributed by atoms with Crippen molar-refractivity contribution < 1.29 is 9.90 Å². The second-order valence-corrected chi connectivity index (χ2v) is 4.88. The number of carboxylic acids is 1. The number of aromatic nitrogens is 2. The normalized spacial score (nSPS) is 11.3. The summed E-state index contributed by atoms with van der Waals surface area (Å²) >= 11 is 0. The van der Waals surface area contributed by atoms with Crippen molar-refractivity contribution in [2.24, 2.45) is 0 Å². The van der Waals surface area contributed by atoms with Crippen molar-refractivity contribution in [1.82, 2.24) is 9.97 Å². The summed E-state index contributed by atoms with van der Waals surface area (Å²) in [4.78, 5) is 21.1. The zero-order valence-electron chi connectivity index (χ0n) is 10.3. The predicted molar refractivity (Wildman–Crippen MR) is 62.0 cm³/mol. The molecule has 0 aromatic carbocycles. The maximum Gasteiger partial charge on any atom is 0.339 e. The van der Waals surface area contributed by atoms with E-state index >= 15 is 0 Å². The van der Waals surface area contributed by atoms with E-state index < -0.39 is 5.97 Å². The molecular formula is C11H17N3O2. The first-order valence-electron chi connectivity index (χ1n) is 5.01. The molecule has 0 aliphatic rings. The number of hydrogen-bond donors (Lipinski definition) is 1. The molecule has 1 aromatic rings. The van der Waals surface area contributed by atoms with E-state index in [1.54, 1.807) is 4.90 Å². The third-order valence-electron chi connectivity index (χ3n) is 2.12. The Kier molecular flexibility index (Phi) is 3.16. The van der Waals surface area contributed by atoms with E-state index in [2.05, 4.69) is 9.97 Å². The number of nitrogens with zero attached hydrogens (tertiary/aromatic N) is 3. The van der Waals surface area contributed by atoms with Gasteiger partial charge < -0.3 is 10.0 Å². The first-order chi connectivity index (χ1) is 7.23. The molecule has 88 valence electrons. The summed E-state index contributed by atoms with van der Waals surface area (Å²) in [7, 11) is 3.64. The van der Waals surface area contributed by atoms with Gasteiger partial charge in [-0.1, -0.05) is 20.8 Å². The highest BCUT2D eigenvalue weighted by atomic mass is 16.4. The van der Waals surface area contributed by atoms with Gasteiger partial charge in [0.05, 0.1) is 11.3 Å². The summed E-state index contributed by atoms with van der Waals surface area (Å²) in [6.07, 6.45) is 1.37. The Morgan fingerprint density at radius 1 is 1.38 bits per heavy atom. The van der Waals surface area contributed by atoms with Gasteiger partial charge in [0.2, 0.25) is 5.95 Å². The molecule has 0 atom stereocenters. The SMILES string of the molecule is CN(C)c1ncc(C(=O)O)c(C(C)(C)C)n1. The lowest BCUT2D eigenvalue weighted by Crippen LogP contribution is -2.23. The van der Waals surface area contributed by atoms with Gasteiger partial charge in [0.1, 0.15) is 0 Å². The van der Waals surface area contributed by atoms with Crippen LogP contribution >= 0.6 is 0 Å². The van der Waals surface area contributed by atoms with Crippen LogP contribution in [0, 0.1) is 0 Å². The molecule has 0 saturated carbocycles. The van der Waals surface area contributed by atoms with Crippen LogP contribution in [0.2, 0.25) is 0 Å². The molecule has 0 amide bonds. The zero-order valence-corrected chi connectivity index (χ0v) is 10.3. The summed E-state index contributed by atoms with van der Waals surface area (Å²) in [6.45, 7) is 5.80. The van der Waals surface area contributed by atoms with Crippen LogP contribution in [0.3, 0.4) is 0 Å². The molecule has 1 aromatic heterocycles. The fraction of sp³-hybridized carbons (Fsp3) is 0.545. The van der Waals surface area contributed by atoms with Crippen molar-refractivity contribution in [3.8, 4) is 0 Å². The van der Waals surface area contributed by atoms with Gasteiger partial charge in [-0.25, -0.2) is 14.8 Å². The fourth-order valence-electron chi connectivity index (χ4n) is 1.32. The number of carbonyl (C=O) groups is 1. The highest BCUT2D eigenvalue weighted by molar-refractivity contribution is 5.89. The van der Waals surface area contributed by atoms with Crippen molar-refractivity contribution in [2.75, 3.05) is 19.0 Å². The summed E-state index contributed by atoms with van der Waals surface area (Å²) < 4.78 is 0. The Morgan fingerprint density at radius 3 is 2.31 bits per heavy atom. The molecule has 0 saturated heterocycles. The van der Waals surface area contributed by atoms with Gasteiger partial charge in [0.15, 0.2) is 0 Å². The third-order valence-corrected chi connectivity index (χ3v) is 2.12. The van der Waals surface area contributed by atoms with Crippen LogP contribution in [-0.4, -0.2) is 35.1 Å². The average molecular weight is 223 g/mol. The standard InChI is InChI=1S/C11H17N3O2/c1-11(2,3)8-7(9(15)16)6-12-10(13-8)14(4)5/h6H,1-5H3,(H,15,16). The van der Waals surface area contributed by atoms with Crippen LogP contribution in [0.1, 0.15) is 36.8 Å². The third kappa shape index (κ3) is 2.48. The van der Waals surface area contributed by atoms with Gasteiger partial charge >= 0.3 is 5.97 Å². The quantitative estimate of drug-likeness (QED) is 0.823. The molecule has 1 heterocycles. The van der Waals surface area contributed by atoms with Crippen LogP contribution in [0.5, 0.6) is 0 Å². The molecular weight excluding hydrogens is 206 g/mol. The van der Waals surface area contributed by atoms with Crippen molar-refractivity contribution in [1.29, 1.82) is 0 Å². The first kappa shape index (κ1) is 12.4. The Balaban J connectivity index is 3.39. The van der Waals surface area contributed by atoms with E-state index in [1.807, 2.05) is 34.9 Å². The maximum atomic E-state index is 11.1. The topological polar surface area (TPSA) is 66.3 Å². The highest BCUT2D eigenvalue weighted by Gasteiger charge is 2.24. The Bertz CT molecular complexity index is 408. The number of anilines is 1. The van der Waals surface area contributed by atoms with Gasteiger partial charge in [-0.15, -0.1) is 0 Å². The molecule has 0 radical (unpaired) electrons. The van der Waals surface area contributed by atoms with Gasteiger partial charge in [0, 0.05) is 25.7 Å². The summed E-state index contributed by atoms with van der Waals surface area (Å²) in [5.74, 6) is -0.467. The fourth-order valence-corrected chi connectivity index (χ4v) is 1.32. The molecule has 5 heteroatoms.